The summed E-state index contributed by atoms with van der Waals surface area (Å²) >= 11 is 1.25. The molecule has 21 heavy (non-hydrogen) atoms. The van der Waals surface area contributed by atoms with Crippen molar-refractivity contribution in [1.29, 1.82) is 0 Å². The molecule has 0 fully saturated rings. The summed E-state index contributed by atoms with van der Waals surface area (Å²) in [5, 5.41) is 0.399. The van der Waals surface area contributed by atoms with Crippen molar-refractivity contribution < 1.29 is 9.47 Å². The number of nitrogens with zero attached hydrogens (tertiary/aromatic N) is 3. The number of benzene rings is 1. The molecule has 3 rings (SSSR count). The van der Waals surface area contributed by atoms with Crippen LogP contribution in [0.4, 0.5) is 10.9 Å². The van der Waals surface area contributed by atoms with E-state index < -0.39 is 0 Å². The van der Waals surface area contributed by atoms with Gasteiger partial charge in [0.05, 0.1) is 7.11 Å². The number of ether oxygens (including phenoxy) is 2. The van der Waals surface area contributed by atoms with Crippen LogP contribution in [0.1, 0.15) is 5.56 Å². The molecule has 0 aliphatic carbocycles. The Hall–Kier alpha value is -2.61. The fraction of sp³-hybridized carbons (Fsp3) is 0.154. The highest BCUT2D eigenvalue weighted by atomic mass is 32.1. The Morgan fingerprint density at radius 2 is 2.05 bits per heavy atom. The molecular formula is C13H13N5O2S. The number of thiazole rings is 1. The first kappa shape index (κ1) is 13.4. The lowest BCUT2D eigenvalue weighted by atomic mass is 10.2. The Morgan fingerprint density at radius 3 is 2.86 bits per heavy atom. The average Bonchev–Trinajstić information content (AvgIpc) is 2.86. The van der Waals surface area contributed by atoms with Crippen LogP contribution in [0, 0.1) is 0 Å². The van der Waals surface area contributed by atoms with Gasteiger partial charge in [0, 0.05) is 0 Å². The number of hydrogen-bond donors (Lipinski definition) is 2. The molecule has 0 bridgehead atoms. The lowest BCUT2D eigenvalue weighted by Gasteiger charge is -2.06. The van der Waals surface area contributed by atoms with Gasteiger partial charge in [-0.25, -0.2) is 0 Å². The summed E-state index contributed by atoms with van der Waals surface area (Å²) in [6.45, 7) is 0.307. The van der Waals surface area contributed by atoms with Gasteiger partial charge in [0.15, 0.2) is 16.6 Å². The van der Waals surface area contributed by atoms with Crippen LogP contribution in [-0.4, -0.2) is 22.1 Å². The van der Waals surface area contributed by atoms with E-state index in [9.17, 15) is 0 Å². The van der Waals surface area contributed by atoms with Gasteiger partial charge in [-0.2, -0.15) is 15.0 Å². The van der Waals surface area contributed by atoms with Crippen molar-refractivity contribution in [1.82, 2.24) is 15.0 Å². The largest absolute Gasteiger partial charge is 0.497 e. The van der Waals surface area contributed by atoms with Gasteiger partial charge in [-0.1, -0.05) is 23.5 Å². The summed E-state index contributed by atoms with van der Waals surface area (Å²) in [5.74, 6) is 1.08. The second-order valence-electron chi connectivity index (χ2n) is 4.24. The second kappa shape index (κ2) is 5.41. The zero-order valence-corrected chi connectivity index (χ0v) is 12.1. The van der Waals surface area contributed by atoms with Crippen LogP contribution in [0.3, 0.4) is 0 Å². The Balaban J connectivity index is 1.81. The van der Waals surface area contributed by atoms with Gasteiger partial charge in [-0.3, -0.25) is 0 Å². The molecule has 0 aliphatic heterocycles. The van der Waals surface area contributed by atoms with Crippen LogP contribution in [0.2, 0.25) is 0 Å². The molecule has 0 unspecified atom stereocenters. The number of nitrogens with two attached hydrogens (primary N) is 2. The minimum absolute atomic E-state index is 0.174. The van der Waals surface area contributed by atoms with E-state index in [1.165, 1.54) is 11.3 Å². The molecular weight excluding hydrogens is 290 g/mol. The molecule has 2 aromatic heterocycles. The lowest BCUT2D eigenvalue weighted by Crippen LogP contribution is -2.02. The molecule has 4 N–H and O–H groups in total. The maximum atomic E-state index is 5.85. The summed E-state index contributed by atoms with van der Waals surface area (Å²) in [4.78, 5) is 12.4. The Labute approximate surface area is 124 Å². The van der Waals surface area contributed by atoms with Crippen molar-refractivity contribution in [3.8, 4) is 11.8 Å². The summed E-state index contributed by atoms with van der Waals surface area (Å²) < 4.78 is 11.4. The van der Waals surface area contributed by atoms with E-state index >= 15 is 0 Å². The number of rotatable bonds is 4. The number of hydrogen-bond acceptors (Lipinski definition) is 8. The maximum absolute atomic E-state index is 5.85. The van der Waals surface area contributed by atoms with E-state index in [4.69, 9.17) is 20.9 Å². The van der Waals surface area contributed by atoms with Crippen LogP contribution in [-0.2, 0) is 6.61 Å². The first-order valence-corrected chi connectivity index (χ1v) is 6.92. The van der Waals surface area contributed by atoms with Crippen molar-refractivity contribution in [2.75, 3.05) is 18.6 Å². The molecule has 8 heteroatoms. The van der Waals surface area contributed by atoms with Gasteiger partial charge in [-0.05, 0) is 17.7 Å². The average molecular weight is 303 g/mol. The van der Waals surface area contributed by atoms with Crippen LogP contribution in [0.5, 0.6) is 11.8 Å². The molecule has 2 heterocycles. The molecule has 0 saturated carbocycles. The first-order valence-electron chi connectivity index (χ1n) is 6.11. The number of fused-ring (bicyclic) bond motifs is 1. The van der Waals surface area contributed by atoms with Crippen molar-refractivity contribution in [2.24, 2.45) is 0 Å². The van der Waals surface area contributed by atoms with Crippen molar-refractivity contribution >= 4 is 32.6 Å². The van der Waals surface area contributed by atoms with Crippen LogP contribution < -0.4 is 20.9 Å². The molecule has 108 valence electrons. The molecule has 1 aromatic carbocycles. The van der Waals surface area contributed by atoms with Gasteiger partial charge in [0.25, 0.3) is 0 Å². The van der Waals surface area contributed by atoms with Crippen molar-refractivity contribution in [3.05, 3.63) is 29.8 Å². The highest BCUT2D eigenvalue weighted by Crippen LogP contribution is 2.28. The standard InChI is InChI=1S/C13H13N5O2S/c1-19-8-4-2-3-7(5-8)6-20-13-16-10(14)9-11(18-13)17-12(15)21-9/h2-5H,6H2,1H3,(H4,14,15,16,17,18). The van der Waals surface area contributed by atoms with E-state index in [1.807, 2.05) is 24.3 Å². The molecule has 0 amide bonds. The zero-order chi connectivity index (χ0) is 14.8. The molecule has 0 radical (unpaired) electrons. The Bertz CT molecular complexity index is 789. The van der Waals surface area contributed by atoms with E-state index in [0.29, 0.717) is 27.9 Å². The topological polar surface area (TPSA) is 109 Å². The van der Waals surface area contributed by atoms with E-state index in [1.54, 1.807) is 7.11 Å². The van der Waals surface area contributed by atoms with Gasteiger partial charge < -0.3 is 20.9 Å². The Morgan fingerprint density at radius 1 is 1.19 bits per heavy atom. The predicted octanol–water partition coefficient (Wildman–Crippen LogP) is 1.84. The monoisotopic (exact) mass is 303 g/mol. The third-order valence-electron chi connectivity index (χ3n) is 2.78. The van der Waals surface area contributed by atoms with Gasteiger partial charge in [-0.15, -0.1) is 0 Å². The van der Waals surface area contributed by atoms with E-state index in [-0.39, 0.29) is 6.01 Å². The molecule has 0 aliphatic rings. The van der Waals surface area contributed by atoms with Crippen LogP contribution in [0.15, 0.2) is 24.3 Å². The Kier molecular flexibility index (Phi) is 3.44. The fourth-order valence-corrected chi connectivity index (χ4v) is 2.49. The third kappa shape index (κ3) is 2.79. The first-order chi connectivity index (χ1) is 10.2. The minimum Gasteiger partial charge on any atom is -0.497 e. The molecule has 0 saturated heterocycles. The second-order valence-corrected chi connectivity index (χ2v) is 5.27. The number of anilines is 2. The zero-order valence-electron chi connectivity index (χ0n) is 11.2. The summed E-state index contributed by atoms with van der Waals surface area (Å²) in [5.41, 5.74) is 12.9. The van der Waals surface area contributed by atoms with Crippen LogP contribution in [0.25, 0.3) is 10.3 Å². The van der Waals surface area contributed by atoms with Crippen molar-refractivity contribution in [2.45, 2.75) is 6.61 Å². The number of nitrogen functional groups attached to an aromatic ring is 2. The smallest absolute Gasteiger partial charge is 0.320 e. The molecule has 0 atom stereocenters. The highest BCUT2D eigenvalue weighted by molar-refractivity contribution is 7.22. The quantitative estimate of drug-likeness (QED) is 0.756. The van der Waals surface area contributed by atoms with Gasteiger partial charge in [0.2, 0.25) is 0 Å². The normalized spacial score (nSPS) is 10.7. The van der Waals surface area contributed by atoms with Crippen LogP contribution >= 0.6 is 11.3 Å². The SMILES string of the molecule is COc1cccc(COc2nc(N)c3sc(N)nc3n2)c1. The highest BCUT2D eigenvalue weighted by Gasteiger charge is 2.11. The minimum atomic E-state index is 0.174. The van der Waals surface area contributed by atoms with Gasteiger partial charge in [0.1, 0.15) is 17.1 Å². The molecule has 3 aromatic rings. The lowest BCUT2D eigenvalue weighted by molar-refractivity contribution is 0.281. The fourth-order valence-electron chi connectivity index (χ4n) is 1.81. The predicted molar refractivity (Wildman–Crippen MR) is 81.4 cm³/mol. The molecule has 0 spiro atoms. The third-order valence-corrected chi connectivity index (χ3v) is 3.67. The number of aromatic nitrogens is 3. The molecule has 7 nitrogen and oxygen atoms in total. The van der Waals surface area contributed by atoms with E-state index in [2.05, 4.69) is 15.0 Å². The van der Waals surface area contributed by atoms with Crippen molar-refractivity contribution in [3.63, 3.8) is 0 Å². The van der Waals surface area contributed by atoms with E-state index in [0.717, 1.165) is 11.3 Å². The summed E-state index contributed by atoms with van der Waals surface area (Å²) in [6.07, 6.45) is 0. The summed E-state index contributed by atoms with van der Waals surface area (Å²) in [7, 11) is 1.62. The maximum Gasteiger partial charge on any atom is 0.320 e. The number of methoxy groups -OCH3 is 1. The summed E-state index contributed by atoms with van der Waals surface area (Å²) in [6, 6.07) is 7.72. The van der Waals surface area contributed by atoms with Gasteiger partial charge >= 0.3 is 6.01 Å².